The van der Waals surface area contributed by atoms with Gasteiger partial charge >= 0.3 is 0 Å². The van der Waals surface area contributed by atoms with E-state index in [1.54, 1.807) is 13.0 Å². The zero-order chi connectivity index (χ0) is 14.1. The first-order chi connectivity index (χ1) is 9.63. The highest BCUT2D eigenvalue weighted by Crippen LogP contribution is 2.21. The van der Waals surface area contributed by atoms with Gasteiger partial charge < -0.3 is 9.84 Å². The minimum absolute atomic E-state index is 0.295. The molecular weight excluding hydrogens is 264 g/mol. The van der Waals surface area contributed by atoms with Crippen LogP contribution in [0.25, 0.3) is 11.6 Å². The van der Waals surface area contributed by atoms with Crippen LogP contribution in [0.5, 0.6) is 0 Å². The number of hydrogen-bond donors (Lipinski definition) is 1. The molecule has 1 aliphatic heterocycles. The molecule has 1 saturated heterocycles. The number of nitrogens with one attached hydrogen (secondary N) is 1. The normalized spacial score (nSPS) is 16.2. The monoisotopic (exact) mass is 277 g/mol. The minimum Gasteiger partial charge on any atom is -0.334 e. The highest BCUT2D eigenvalue weighted by Gasteiger charge is 2.24. The third-order valence-electron chi connectivity index (χ3n) is 3.25. The van der Waals surface area contributed by atoms with Crippen molar-refractivity contribution in [1.29, 1.82) is 0 Å². The lowest BCUT2D eigenvalue weighted by molar-refractivity contribution is 0.372. The number of nitrogens with zero attached hydrogens (tertiary/aromatic N) is 2. The Balaban J connectivity index is 1.83. The standard InChI is InChI=1S/C14H13F2N3O/c1-8(4-9-2-3-11(15)12(16)5-9)14-18-13(19-20-14)10-6-17-7-10/h2-5,10,17H,6-7H2,1H3/b8-4-. The van der Waals surface area contributed by atoms with Crippen molar-refractivity contribution in [3.8, 4) is 0 Å². The van der Waals surface area contributed by atoms with Crippen molar-refractivity contribution in [2.45, 2.75) is 12.8 Å². The van der Waals surface area contributed by atoms with Gasteiger partial charge in [0.25, 0.3) is 5.89 Å². The van der Waals surface area contributed by atoms with E-state index in [0.717, 1.165) is 25.2 Å². The van der Waals surface area contributed by atoms with Crippen molar-refractivity contribution in [2.75, 3.05) is 13.1 Å². The second-order valence-corrected chi connectivity index (χ2v) is 4.81. The highest BCUT2D eigenvalue weighted by molar-refractivity contribution is 5.76. The van der Waals surface area contributed by atoms with Gasteiger partial charge in [0.15, 0.2) is 17.5 Å². The van der Waals surface area contributed by atoms with E-state index in [2.05, 4.69) is 15.5 Å². The Labute approximate surface area is 114 Å². The van der Waals surface area contributed by atoms with Gasteiger partial charge in [-0.25, -0.2) is 8.78 Å². The first kappa shape index (κ1) is 12.9. The Morgan fingerprint density at radius 2 is 2.15 bits per heavy atom. The van der Waals surface area contributed by atoms with E-state index in [4.69, 9.17) is 4.52 Å². The molecule has 3 rings (SSSR count). The van der Waals surface area contributed by atoms with Gasteiger partial charge in [-0.15, -0.1) is 0 Å². The molecule has 1 aromatic carbocycles. The molecule has 0 bridgehead atoms. The van der Waals surface area contributed by atoms with Gasteiger partial charge in [0.2, 0.25) is 0 Å². The Morgan fingerprint density at radius 1 is 1.35 bits per heavy atom. The van der Waals surface area contributed by atoms with Crippen LogP contribution in [0, 0.1) is 11.6 Å². The molecule has 1 aliphatic rings. The zero-order valence-corrected chi connectivity index (χ0v) is 10.9. The molecule has 0 spiro atoms. The summed E-state index contributed by atoms with van der Waals surface area (Å²) in [5, 5.41) is 7.07. The molecule has 6 heteroatoms. The number of aromatic nitrogens is 2. The van der Waals surface area contributed by atoms with Crippen molar-refractivity contribution in [3.63, 3.8) is 0 Å². The maximum atomic E-state index is 13.1. The molecule has 4 nitrogen and oxygen atoms in total. The van der Waals surface area contributed by atoms with Crippen LogP contribution in [0.2, 0.25) is 0 Å². The summed E-state index contributed by atoms with van der Waals surface area (Å²) in [7, 11) is 0. The lowest BCUT2D eigenvalue weighted by atomic mass is 10.0. The summed E-state index contributed by atoms with van der Waals surface area (Å²) < 4.78 is 31.2. The average Bonchev–Trinajstić information content (AvgIpc) is 2.81. The number of hydrogen-bond acceptors (Lipinski definition) is 4. The highest BCUT2D eigenvalue weighted by atomic mass is 19.2. The Morgan fingerprint density at radius 3 is 2.80 bits per heavy atom. The molecule has 20 heavy (non-hydrogen) atoms. The van der Waals surface area contributed by atoms with E-state index in [1.807, 2.05) is 0 Å². The van der Waals surface area contributed by atoms with Crippen LogP contribution < -0.4 is 5.32 Å². The van der Waals surface area contributed by atoms with Gasteiger partial charge in [-0.2, -0.15) is 4.98 Å². The quantitative estimate of drug-likeness (QED) is 0.937. The number of halogens is 2. The van der Waals surface area contributed by atoms with Crippen molar-refractivity contribution >= 4 is 11.6 Å². The molecule has 1 aromatic heterocycles. The third-order valence-corrected chi connectivity index (χ3v) is 3.25. The fourth-order valence-electron chi connectivity index (χ4n) is 1.95. The summed E-state index contributed by atoms with van der Waals surface area (Å²) in [5.41, 5.74) is 1.26. The van der Waals surface area contributed by atoms with Gasteiger partial charge in [0.1, 0.15) is 0 Å². The van der Waals surface area contributed by atoms with E-state index in [-0.39, 0.29) is 0 Å². The van der Waals surface area contributed by atoms with Crippen LogP contribution in [0.1, 0.15) is 30.1 Å². The smallest absolute Gasteiger partial charge is 0.253 e. The second-order valence-electron chi connectivity index (χ2n) is 4.81. The van der Waals surface area contributed by atoms with Gasteiger partial charge in [0, 0.05) is 24.6 Å². The molecule has 0 radical (unpaired) electrons. The average molecular weight is 277 g/mol. The number of allylic oxidation sites excluding steroid dienone is 1. The van der Waals surface area contributed by atoms with Crippen LogP contribution in [-0.4, -0.2) is 23.2 Å². The molecule has 0 saturated carbocycles. The Kier molecular flexibility index (Phi) is 3.31. The maximum absolute atomic E-state index is 13.1. The summed E-state index contributed by atoms with van der Waals surface area (Å²) in [6, 6.07) is 3.72. The molecule has 2 heterocycles. The zero-order valence-electron chi connectivity index (χ0n) is 10.9. The fraction of sp³-hybridized carbons (Fsp3) is 0.286. The summed E-state index contributed by atoms with van der Waals surface area (Å²) in [6.07, 6.45) is 1.68. The fourth-order valence-corrected chi connectivity index (χ4v) is 1.95. The molecule has 0 atom stereocenters. The molecular formula is C14H13F2N3O. The van der Waals surface area contributed by atoms with Gasteiger partial charge in [0.05, 0.1) is 0 Å². The first-order valence-electron chi connectivity index (χ1n) is 6.31. The second kappa shape index (κ2) is 5.13. The molecule has 1 fully saturated rings. The van der Waals surface area contributed by atoms with Crippen LogP contribution in [-0.2, 0) is 0 Å². The third kappa shape index (κ3) is 2.46. The number of benzene rings is 1. The molecule has 0 aliphatic carbocycles. The molecule has 104 valence electrons. The van der Waals surface area contributed by atoms with Crippen LogP contribution in [0.15, 0.2) is 22.7 Å². The van der Waals surface area contributed by atoms with Crippen molar-refractivity contribution in [3.05, 3.63) is 47.1 Å². The predicted molar refractivity (Wildman–Crippen MR) is 69.8 cm³/mol. The van der Waals surface area contributed by atoms with E-state index >= 15 is 0 Å². The molecule has 1 N–H and O–H groups in total. The summed E-state index contributed by atoms with van der Waals surface area (Å²) >= 11 is 0. The Hall–Kier alpha value is -2.08. The maximum Gasteiger partial charge on any atom is 0.253 e. The summed E-state index contributed by atoms with van der Waals surface area (Å²) in [5.74, 6) is -0.368. The van der Waals surface area contributed by atoms with Crippen LogP contribution >= 0.6 is 0 Å². The lowest BCUT2D eigenvalue weighted by Gasteiger charge is -2.23. The molecule has 2 aromatic rings. The molecule has 0 unspecified atom stereocenters. The van der Waals surface area contributed by atoms with Crippen LogP contribution in [0.4, 0.5) is 8.78 Å². The topological polar surface area (TPSA) is 51.0 Å². The van der Waals surface area contributed by atoms with E-state index in [1.165, 1.54) is 6.07 Å². The lowest BCUT2D eigenvalue weighted by Crippen LogP contribution is -2.40. The van der Waals surface area contributed by atoms with E-state index in [9.17, 15) is 8.78 Å². The summed E-state index contributed by atoms with van der Waals surface area (Å²) in [6.45, 7) is 3.49. The summed E-state index contributed by atoms with van der Waals surface area (Å²) in [4.78, 5) is 4.31. The van der Waals surface area contributed by atoms with Crippen molar-refractivity contribution in [1.82, 2.24) is 15.5 Å². The first-order valence-corrected chi connectivity index (χ1v) is 6.31. The van der Waals surface area contributed by atoms with Gasteiger partial charge in [-0.1, -0.05) is 11.2 Å². The van der Waals surface area contributed by atoms with Gasteiger partial charge in [-0.3, -0.25) is 0 Å². The SMILES string of the molecule is C/C(=C/c1ccc(F)c(F)c1)c1nc(C2CNC2)no1. The minimum atomic E-state index is -0.877. The van der Waals surface area contributed by atoms with E-state index < -0.39 is 11.6 Å². The molecule has 0 amide bonds. The Bertz CT molecular complexity index is 662. The van der Waals surface area contributed by atoms with Crippen molar-refractivity contribution < 1.29 is 13.3 Å². The largest absolute Gasteiger partial charge is 0.334 e. The predicted octanol–water partition coefficient (Wildman–Crippen LogP) is 2.60. The van der Waals surface area contributed by atoms with Gasteiger partial charge in [-0.05, 0) is 30.7 Å². The van der Waals surface area contributed by atoms with E-state index in [0.29, 0.717) is 28.8 Å². The number of rotatable bonds is 3. The van der Waals surface area contributed by atoms with Crippen LogP contribution in [0.3, 0.4) is 0 Å². The van der Waals surface area contributed by atoms with Crippen molar-refractivity contribution in [2.24, 2.45) is 0 Å².